The first-order valence-electron chi connectivity index (χ1n) is 3.27. The van der Waals surface area contributed by atoms with Crippen molar-refractivity contribution in [3.63, 3.8) is 0 Å². The quantitative estimate of drug-likeness (QED) is 0.420. The van der Waals surface area contributed by atoms with Crippen LogP contribution in [0, 0.1) is 0 Å². The lowest BCUT2D eigenvalue weighted by molar-refractivity contribution is -0.0507. The highest BCUT2D eigenvalue weighted by Crippen LogP contribution is 1.80. The molecule has 2 N–H and O–H groups in total. The molecule has 0 aliphatic heterocycles. The Morgan fingerprint density at radius 2 is 1.89 bits per heavy atom. The molecule has 0 aromatic heterocycles. The normalized spacial score (nSPS) is 10.0. The molecule has 3 nitrogen and oxygen atoms in total. The molecule has 9 heavy (non-hydrogen) atoms. The maximum absolute atomic E-state index is 5.16. The van der Waals surface area contributed by atoms with Crippen LogP contribution in [-0.2, 0) is 9.47 Å². The third kappa shape index (κ3) is 7.88. The lowest BCUT2D eigenvalue weighted by atomic mass is 10.5. The third-order valence-corrected chi connectivity index (χ3v) is 0.777. The molecule has 0 fully saturated rings. The summed E-state index contributed by atoms with van der Waals surface area (Å²) in [5, 5.41) is 0. The van der Waals surface area contributed by atoms with Gasteiger partial charge in [-0.15, -0.1) is 0 Å². The van der Waals surface area contributed by atoms with Crippen molar-refractivity contribution in [2.45, 2.75) is 13.3 Å². The van der Waals surface area contributed by atoms with Crippen LogP contribution in [0.15, 0.2) is 0 Å². The summed E-state index contributed by atoms with van der Waals surface area (Å²) in [5.41, 5.74) is 5.16. The van der Waals surface area contributed by atoms with E-state index >= 15 is 0 Å². The van der Waals surface area contributed by atoms with E-state index in [1.165, 1.54) is 0 Å². The predicted molar refractivity (Wildman–Crippen MR) is 36.1 cm³/mol. The zero-order chi connectivity index (χ0) is 6.95. The van der Waals surface area contributed by atoms with Crippen LogP contribution in [0.2, 0.25) is 0 Å². The molecule has 0 aromatic rings. The molecule has 0 atom stereocenters. The number of nitrogens with two attached hydrogens (primary N) is 1. The molecule has 0 aromatic carbocycles. The van der Waals surface area contributed by atoms with Crippen molar-refractivity contribution in [1.29, 1.82) is 0 Å². The largest absolute Gasteiger partial charge is 0.355 e. The number of hydrogen-bond donors (Lipinski definition) is 1. The summed E-state index contributed by atoms with van der Waals surface area (Å²) in [6, 6.07) is 0. The van der Waals surface area contributed by atoms with Gasteiger partial charge in [-0.1, -0.05) is 6.92 Å². The highest BCUT2D eigenvalue weighted by molar-refractivity contribution is 4.26. The first-order chi connectivity index (χ1) is 4.41. The second-order valence-corrected chi connectivity index (χ2v) is 1.72. The van der Waals surface area contributed by atoms with Gasteiger partial charge in [-0.2, -0.15) is 0 Å². The topological polar surface area (TPSA) is 44.5 Å². The molecule has 56 valence electrons. The third-order valence-electron chi connectivity index (χ3n) is 0.777. The van der Waals surface area contributed by atoms with Crippen molar-refractivity contribution in [2.24, 2.45) is 5.73 Å². The molecule has 0 unspecified atom stereocenters. The van der Waals surface area contributed by atoms with Crippen LogP contribution in [0.5, 0.6) is 0 Å². The highest BCUT2D eigenvalue weighted by atomic mass is 16.7. The van der Waals surface area contributed by atoms with Gasteiger partial charge >= 0.3 is 0 Å². The number of ether oxygens (including phenoxy) is 2. The highest BCUT2D eigenvalue weighted by Gasteiger charge is 1.83. The van der Waals surface area contributed by atoms with Crippen molar-refractivity contribution < 1.29 is 9.47 Å². The average molecular weight is 133 g/mol. The summed E-state index contributed by atoms with van der Waals surface area (Å²) in [4.78, 5) is 0. The SMILES string of the molecule is CCCOCOCCN. The van der Waals surface area contributed by atoms with Crippen LogP contribution >= 0.6 is 0 Å². The Kier molecular flexibility index (Phi) is 7.77. The van der Waals surface area contributed by atoms with Gasteiger partial charge in [0.25, 0.3) is 0 Å². The Labute approximate surface area is 56.1 Å². The van der Waals surface area contributed by atoms with E-state index in [-0.39, 0.29) is 0 Å². The zero-order valence-corrected chi connectivity index (χ0v) is 5.93. The van der Waals surface area contributed by atoms with Crippen LogP contribution in [0.4, 0.5) is 0 Å². The van der Waals surface area contributed by atoms with Crippen molar-refractivity contribution in [2.75, 3.05) is 26.6 Å². The molecule has 0 radical (unpaired) electrons. The van der Waals surface area contributed by atoms with E-state index in [0.717, 1.165) is 13.0 Å². The van der Waals surface area contributed by atoms with Crippen molar-refractivity contribution >= 4 is 0 Å². The second-order valence-electron chi connectivity index (χ2n) is 1.72. The van der Waals surface area contributed by atoms with E-state index in [4.69, 9.17) is 15.2 Å². The molecule has 0 saturated heterocycles. The van der Waals surface area contributed by atoms with E-state index in [1.807, 2.05) is 0 Å². The lowest BCUT2D eigenvalue weighted by Gasteiger charge is -2.01. The van der Waals surface area contributed by atoms with Crippen LogP contribution in [0.1, 0.15) is 13.3 Å². The first-order valence-corrected chi connectivity index (χ1v) is 3.27. The number of hydrogen-bond acceptors (Lipinski definition) is 3. The molecule has 0 aliphatic rings. The summed E-state index contributed by atoms with van der Waals surface area (Å²) in [6.07, 6.45) is 1.03. The molecule has 0 amide bonds. The van der Waals surface area contributed by atoms with Crippen molar-refractivity contribution in [1.82, 2.24) is 0 Å². The number of rotatable bonds is 6. The maximum atomic E-state index is 5.16. The Morgan fingerprint density at radius 1 is 1.22 bits per heavy atom. The molecular formula is C6H15NO2. The average Bonchev–Trinajstić information content (AvgIpc) is 1.89. The summed E-state index contributed by atoms with van der Waals surface area (Å²) in [6.45, 7) is 4.36. The van der Waals surface area contributed by atoms with Crippen molar-refractivity contribution in [3.8, 4) is 0 Å². The van der Waals surface area contributed by atoms with E-state index in [1.54, 1.807) is 0 Å². The summed E-state index contributed by atoms with van der Waals surface area (Å²) in [5.74, 6) is 0. The monoisotopic (exact) mass is 133 g/mol. The molecule has 0 rings (SSSR count). The Balaban J connectivity index is 2.60. The molecule has 0 saturated carbocycles. The lowest BCUT2D eigenvalue weighted by Crippen LogP contribution is -2.10. The summed E-state index contributed by atoms with van der Waals surface area (Å²) >= 11 is 0. The van der Waals surface area contributed by atoms with Crippen LogP contribution in [0.25, 0.3) is 0 Å². The Hall–Kier alpha value is -0.120. The molecule has 3 heteroatoms. The fourth-order valence-corrected chi connectivity index (χ4v) is 0.404. The first kappa shape index (κ1) is 8.88. The predicted octanol–water partition coefficient (Wildman–Crippen LogP) is 0.346. The van der Waals surface area contributed by atoms with Crippen LogP contribution in [-0.4, -0.2) is 26.6 Å². The smallest absolute Gasteiger partial charge is 0.146 e. The van der Waals surface area contributed by atoms with Gasteiger partial charge in [0.1, 0.15) is 6.79 Å². The Morgan fingerprint density at radius 3 is 2.44 bits per heavy atom. The van der Waals surface area contributed by atoms with Crippen LogP contribution < -0.4 is 5.73 Å². The molecule has 0 spiro atoms. The van der Waals surface area contributed by atoms with E-state index < -0.39 is 0 Å². The molecular weight excluding hydrogens is 118 g/mol. The summed E-state index contributed by atoms with van der Waals surface area (Å²) in [7, 11) is 0. The standard InChI is InChI=1S/C6H15NO2/c1-2-4-8-6-9-5-3-7/h2-7H2,1H3. The maximum Gasteiger partial charge on any atom is 0.146 e. The summed E-state index contributed by atoms with van der Waals surface area (Å²) < 4.78 is 9.94. The zero-order valence-electron chi connectivity index (χ0n) is 5.93. The Bertz CT molecular complexity index is 44.3. The fourth-order valence-electron chi connectivity index (χ4n) is 0.404. The van der Waals surface area contributed by atoms with Gasteiger partial charge in [0.05, 0.1) is 6.61 Å². The minimum atomic E-state index is 0.380. The fraction of sp³-hybridized carbons (Fsp3) is 1.00. The minimum Gasteiger partial charge on any atom is -0.355 e. The van der Waals surface area contributed by atoms with Gasteiger partial charge in [0.15, 0.2) is 0 Å². The van der Waals surface area contributed by atoms with Gasteiger partial charge in [-0.3, -0.25) is 0 Å². The molecule has 0 heterocycles. The van der Waals surface area contributed by atoms with E-state index in [2.05, 4.69) is 6.92 Å². The van der Waals surface area contributed by atoms with Gasteiger partial charge in [-0.05, 0) is 6.42 Å². The molecule has 0 bridgehead atoms. The minimum absolute atomic E-state index is 0.380. The molecule has 0 aliphatic carbocycles. The van der Waals surface area contributed by atoms with Gasteiger partial charge in [-0.25, -0.2) is 0 Å². The van der Waals surface area contributed by atoms with Crippen LogP contribution in [0.3, 0.4) is 0 Å². The van der Waals surface area contributed by atoms with Gasteiger partial charge < -0.3 is 15.2 Å². The van der Waals surface area contributed by atoms with E-state index in [9.17, 15) is 0 Å². The van der Waals surface area contributed by atoms with Gasteiger partial charge in [0.2, 0.25) is 0 Å². The second kappa shape index (κ2) is 7.88. The van der Waals surface area contributed by atoms with Gasteiger partial charge in [0, 0.05) is 13.2 Å². The van der Waals surface area contributed by atoms with E-state index in [0.29, 0.717) is 19.9 Å². The van der Waals surface area contributed by atoms with Crippen molar-refractivity contribution in [3.05, 3.63) is 0 Å².